The van der Waals surface area contributed by atoms with Crippen LogP contribution >= 0.6 is 0 Å². The van der Waals surface area contributed by atoms with Crippen molar-refractivity contribution < 1.29 is 51.3 Å². The molecule has 0 radical (unpaired) electrons. The van der Waals surface area contributed by atoms with Crippen LogP contribution in [0.15, 0.2) is 77.8 Å². The first-order valence-corrected chi connectivity index (χ1v) is 35.7. The van der Waals surface area contributed by atoms with Gasteiger partial charge in [0.25, 0.3) is 21.6 Å². The quantitative estimate of drug-likeness (QED) is 0.0720. The van der Waals surface area contributed by atoms with Gasteiger partial charge in [0.2, 0.25) is 5.88 Å². The minimum atomic E-state index is -4.74. The van der Waals surface area contributed by atoms with Gasteiger partial charge in [0.1, 0.15) is 41.1 Å². The molecular formula is C71H86N10O12S. The van der Waals surface area contributed by atoms with Gasteiger partial charge in [0.15, 0.2) is 11.4 Å². The molecule has 23 heteroatoms. The lowest BCUT2D eigenvalue weighted by molar-refractivity contribution is -0.384. The van der Waals surface area contributed by atoms with E-state index in [1.54, 1.807) is 6.07 Å². The Bertz CT molecular complexity index is 4080. The standard InChI is InChI=1S/C71H86N10O12S/c1-41(2)92-57-10-8-7-9-48(57)55-37-78(56-39-91-70(5,6)65-60(56)61-64(62(74-65)43-11-12-43)89-30-21-69(61,3)4)25-26-79(55)46-35-71(36-46)19-23-77(24-20-71)45-13-14-49(52(32-45)80-51-18-29-88-40-59(51)93-68-54(80)31-44-15-22-72-66(44)75-68)67(82)76-94(85,86)47-33-53(81(83)84)63-58(34-47)90-38-50(73-63)42-16-27-87-28-17-42/h7-10,13-15,22,31-34,41-43,46,50-51,55-56,59,73H,11-12,16-21,23-30,35-40H2,1-6H3,(H,72,75)(H,76,82)/t50-,51-,55-,56+,59-/m0/s1. The number of aromatic nitrogens is 3. The maximum atomic E-state index is 15.1. The number of sulfonamides is 1. The minimum absolute atomic E-state index is 0.00739. The molecule has 11 heterocycles. The molecule has 1 spiro atoms. The Morgan fingerprint density at radius 3 is 2.43 bits per heavy atom. The molecule has 5 atom stereocenters. The van der Waals surface area contributed by atoms with Crippen LogP contribution in [0.5, 0.6) is 23.1 Å². The topological polar surface area (TPSA) is 238 Å². The maximum Gasteiger partial charge on any atom is 0.297 e. The number of nitro benzene ring substituents is 1. The number of carbonyl (C=O) groups is 1. The second kappa shape index (κ2) is 23.5. The molecule has 2 aliphatic carbocycles. The molecule has 1 amide bonds. The molecule has 3 aromatic carbocycles. The van der Waals surface area contributed by atoms with Gasteiger partial charge in [-0.25, -0.2) is 13.1 Å². The number of nitro groups is 1. The van der Waals surface area contributed by atoms with Crippen molar-refractivity contribution in [3.8, 4) is 23.1 Å². The van der Waals surface area contributed by atoms with Crippen molar-refractivity contribution >= 4 is 55.4 Å². The summed E-state index contributed by atoms with van der Waals surface area (Å²) in [6.45, 7) is 20.9. The highest BCUT2D eigenvalue weighted by atomic mass is 32.2. The van der Waals surface area contributed by atoms with Crippen LogP contribution in [-0.2, 0) is 35.2 Å². The first kappa shape index (κ1) is 61.6. The lowest BCUT2D eigenvalue weighted by atomic mass is 9.59. The summed E-state index contributed by atoms with van der Waals surface area (Å²) in [5, 5.41) is 16.8. The van der Waals surface area contributed by atoms with Gasteiger partial charge in [0, 0.05) is 111 Å². The predicted octanol–water partition coefficient (Wildman–Crippen LogP) is 11.1. The summed E-state index contributed by atoms with van der Waals surface area (Å²) < 4.78 is 76.0. The molecule has 8 aliphatic heterocycles. The van der Waals surface area contributed by atoms with Gasteiger partial charge in [-0.3, -0.25) is 29.7 Å². The smallest absolute Gasteiger partial charge is 0.297 e. The van der Waals surface area contributed by atoms with Crippen molar-refractivity contribution in [3.63, 3.8) is 0 Å². The summed E-state index contributed by atoms with van der Waals surface area (Å²) in [6, 6.07) is 20.3. The van der Waals surface area contributed by atoms with Crippen molar-refractivity contribution in [1.82, 2.24) is 29.5 Å². The van der Waals surface area contributed by atoms with Crippen molar-refractivity contribution in [2.75, 3.05) is 94.1 Å². The fourth-order valence-electron chi connectivity index (χ4n) is 17.1. The summed E-state index contributed by atoms with van der Waals surface area (Å²) in [5.41, 5.74) is 7.95. The van der Waals surface area contributed by atoms with E-state index in [2.05, 4.69) is 100 Å². The summed E-state index contributed by atoms with van der Waals surface area (Å²) in [4.78, 5) is 50.3. The minimum Gasteiger partial charge on any atom is -0.491 e. The van der Waals surface area contributed by atoms with Gasteiger partial charge in [-0.1, -0.05) is 32.0 Å². The number of aromatic amines is 1. The van der Waals surface area contributed by atoms with Gasteiger partial charge >= 0.3 is 0 Å². The van der Waals surface area contributed by atoms with Crippen molar-refractivity contribution in [2.45, 2.75) is 170 Å². The number of H-pyrrole nitrogens is 1. The molecule has 3 N–H and O–H groups in total. The molecule has 16 rings (SSSR count). The van der Waals surface area contributed by atoms with Gasteiger partial charge in [-0.05, 0) is 145 Å². The van der Waals surface area contributed by atoms with E-state index in [0.717, 1.165) is 131 Å². The van der Waals surface area contributed by atoms with Crippen LogP contribution in [0.4, 0.5) is 28.4 Å². The third-order valence-electron chi connectivity index (χ3n) is 22.3. The van der Waals surface area contributed by atoms with Gasteiger partial charge in [0.05, 0.1) is 82.5 Å². The molecule has 22 nitrogen and oxygen atoms in total. The molecule has 94 heavy (non-hydrogen) atoms. The van der Waals surface area contributed by atoms with Gasteiger partial charge in [-0.15, -0.1) is 0 Å². The van der Waals surface area contributed by atoms with Crippen LogP contribution in [-0.4, -0.2) is 153 Å². The monoisotopic (exact) mass is 1300 g/mol. The number of amides is 1. The van der Waals surface area contributed by atoms with E-state index >= 15 is 4.79 Å². The zero-order chi connectivity index (χ0) is 64.6. The number of para-hydroxylation sites is 1. The largest absolute Gasteiger partial charge is 0.491 e. The molecule has 6 aromatic rings. The number of piperazine rings is 1. The summed E-state index contributed by atoms with van der Waals surface area (Å²) in [5.74, 6) is 2.04. The Morgan fingerprint density at radius 1 is 0.840 bits per heavy atom. The SMILES string of the molecule is CC(C)Oc1ccccc1[C@@H]1CN([C@@H]2COC(C)(C)c3nc(C4CC4)c4c(c32)C(C)(C)CCO4)CCN1C1CC2(CCN(c3ccc(C(=O)NS(=O)(=O)c4cc5c(c([N+](=O)[O-])c4)N[C@H](C4CCOCC4)CO5)c(N4c5cc6cc[nH]c6nc5O[C@H]5COCC[C@@H]54)c3)CC2)C1. The Kier molecular flexibility index (Phi) is 15.4. The van der Waals surface area contributed by atoms with E-state index in [9.17, 15) is 18.5 Å². The average Bonchev–Trinajstić information content (AvgIpc) is 0.964. The van der Waals surface area contributed by atoms with E-state index < -0.39 is 43.1 Å². The number of benzene rings is 3. The number of nitrogens with zero attached hydrogens (tertiary/aromatic N) is 7. The molecule has 498 valence electrons. The van der Waals surface area contributed by atoms with Crippen molar-refractivity contribution in [2.24, 2.45) is 11.3 Å². The molecule has 0 bridgehead atoms. The van der Waals surface area contributed by atoms with E-state index in [1.165, 1.54) is 22.8 Å². The number of hydrogen-bond acceptors (Lipinski definition) is 19. The number of ether oxygens (including phenoxy) is 7. The maximum absolute atomic E-state index is 15.1. The van der Waals surface area contributed by atoms with Crippen LogP contribution in [0.25, 0.3) is 11.0 Å². The third-order valence-corrected chi connectivity index (χ3v) is 23.6. The molecule has 2 saturated carbocycles. The lowest BCUT2D eigenvalue weighted by Crippen LogP contribution is -2.60. The average molecular weight is 1300 g/mol. The van der Waals surface area contributed by atoms with E-state index in [-0.39, 0.29) is 77.2 Å². The molecule has 4 saturated heterocycles. The van der Waals surface area contributed by atoms with Gasteiger partial charge < -0.3 is 53.3 Å². The van der Waals surface area contributed by atoms with Crippen molar-refractivity contribution in [1.29, 1.82) is 0 Å². The number of fused-ring (bicyclic) bond motifs is 7. The first-order chi connectivity index (χ1) is 45.3. The second-order valence-electron chi connectivity index (χ2n) is 29.5. The van der Waals surface area contributed by atoms with Crippen LogP contribution in [0.3, 0.4) is 0 Å². The lowest BCUT2D eigenvalue weighted by Gasteiger charge is -2.59. The number of piperidine rings is 1. The number of nitrogens with one attached hydrogen (secondary N) is 3. The Labute approximate surface area is 548 Å². The number of rotatable bonds is 13. The van der Waals surface area contributed by atoms with Gasteiger partial charge in [-0.2, -0.15) is 4.98 Å². The summed E-state index contributed by atoms with van der Waals surface area (Å²) >= 11 is 0. The number of pyridine rings is 2. The second-order valence-corrected chi connectivity index (χ2v) is 31.1. The first-order valence-electron chi connectivity index (χ1n) is 34.2. The number of anilines is 4. The zero-order valence-electron chi connectivity index (χ0n) is 54.6. The number of hydrogen-bond donors (Lipinski definition) is 3. The summed E-state index contributed by atoms with van der Waals surface area (Å²) in [6.07, 6.45) is 10.8. The van der Waals surface area contributed by atoms with Crippen LogP contribution in [0.2, 0.25) is 0 Å². The normalized spacial score (nSPS) is 26.5. The molecule has 10 aliphatic rings. The van der Waals surface area contributed by atoms with E-state index in [0.29, 0.717) is 74.3 Å². The fourth-order valence-corrected chi connectivity index (χ4v) is 18.1. The highest BCUT2D eigenvalue weighted by molar-refractivity contribution is 7.90. The van der Waals surface area contributed by atoms with E-state index in [4.69, 9.17) is 43.1 Å². The highest BCUT2D eigenvalue weighted by Gasteiger charge is 2.53. The molecule has 6 fully saturated rings. The number of carbonyl (C=O) groups excluding carboxylic acids is 1. The zero-order valence-corrected chi connectivity index (χ0v) is 55.4. The molecule has 0 unspecified atom stereocenters. The fraction of sp³-hybridized carbons (Fsp3) is 0.563. The predicted molar refractivity (Wildman–Crippen MR) is 354 cm³/mol. The van der Waals surface area contributed by atoms with E-state index in [1.807, 2.05) is 30.5 Å². The molecular weight excluding hydrogens is 1220 g/mol. The van der Waals surface area contributed by atoms with Crippen LogP contribution in [0.1, 0.15) is 162 Å². The third kappa shape index (κ3) is 11.0. The van der Waals surface area contributed by atoms with Crippen LogP contribution in [0, 0.1) is 21.4 Å². The Morgan fingerprint density at radius 2 is 1.64 bits per heavy atom. The van der Waals surface area contributed by atoms with Crippen molar-refractivity contribution in [3.05, 3.63) is 117 Å². The molecule has 3 aromatic heterocycles. The Balaban J connectivity index is 0.681. The Hall–Kier alpha value is -7.28. The highest BCUT2D eigenvalue weighted by Crippen LogP contribution is 2.58. The van der Waals surface area contributed by atoms with Crippen LogP contribution < -0.4 is 38.8 Å². The summed E-state index contributed by atoms with van der Waals surface area (Å²) in [7, 11) is -4.74.